The Bertz CT molecular complexity index is 1330. The minimum atomic E-state index is -0.829. The average molecular weight is 600 g/mol. The van der Waals surface area contributed by atoms with Crippen LogP contribution in [0.2, 0.25) is 0 Å². The molecule has 1 aliphatic carbocycles. The number of nitrogens with zero attached hydrogens (tertiary/aromatic N) is 2. The molecule has 0 aliphatic heterocycles. The van der Waals surface area contributed by atoms with Crippen molar-refractivity contribution in [2.24, 2.45) is 11.5 Å². The highest BCUT2D eigenvalue weighted by Crippen LogP contribution is 2.23. The highest BCUT2D eigenvalue weighted by atomic mass is 16.2. The molecule has 0 unspecified atom stereocenters. The summed E-state index contributed by atoms with van der Waals surface area (Å²) in [6.07, 6.45) is 12.9. The van der Waals surface area contributed by atoms with E-state index in [-0.39, 0.29) is 17.7 Å². The molecule has 3 amide bonds. The second-order valence-corrected chi connectivity index (χ2v) is 12.2. The predicted octanol–water partition coefficient (Wildman–Crippen LogP) is 4.37. The van der Waals surface area contributed by atoms with Gasteiger partial charge in [0.05, 0.1) is 0 Å². The maximum Gasteiger partial charge on any atom is 0.246 e. The summed E-state index contributed by atoms with van der Waals surface area (Å²) < 4.78 is 0. The van der Waals surface area contributed by atoms with Gasteiger partial charge in [0.15, 0.2) is 0 Å². The summed E-state index contributed by atoms with van der Waals surface area (Å²) in [5, 5.41) is 2.95. The molecule has 0 saturated heterocycles. The second-order valence-electron chi connectivity index (χ2n) is 12.2. The van der Waals surface area contributed by atoms with Gasteiger partial charge in [-0.3, -0.25) is 14.4 Å². The third-order valence-electron chi connectivity index (χ3n) is 7.85. The molecular weight excluding hydrogens is 550 g/mol. The van der Waals surface area contributed by atoms with E-state index in [1.165, 1.54) is 15.9 Å². The van der Waals surface area contributed by atoms with Gasteiger partial charge >= 0.3 is 0 Å². The van der Waals surface area contributed by atoms with E-state index in [9.17, 15) is 14.4 Å². The molecule has 5 N–H and O–H groups in total. The molecule has 8 heteroatoms. The van der Waals surface area contributed by atoms with E-state index in [0.717, 1.165) is 35.1 Å². The molecule has 0 aromatic heterocycles. The topological polar surface area (TPSA) is 122 Å². The number of rotatable bonds is 15. The van der Waals surface area contributed by atoms with E-state index in [0.29, 0.717) is 38.8 Å². The summed E-state index contributed by atoms with van der Waals surface area (Å²) in [7, 11) is 3.30. The largest absolute Gasteiger partial charge is 0.354 e. The zero-order valence-corrected chi connectivity index (χ0v) is 26.7. The van der Waals surface area contributed by atoms with Crippen LogP contribution in [0.4, 0.5) is 0 Å². The summed E-state index contributed by atoms with van der Waals surface area (Å²) >= 11 is 0. The molecule has 0 saturated carbocycles. The third kappa shape index (κ3) is 10.6. The van der Waals surface area contributed by atoms with Gasteiger partial charge in [0.25, 0.3) is 0 Å². The number of hydrogen-bond acceptors (Lipinski definition) is 5. The predicted molar refractivity (Wildman–Crippen MR) is 178 cm³/mol. The normalized spacial score (nSPS) is 14.5. The van der Waals surface area contributed by atoms with Crippen molar-refractivity contribution in [2.75, 3.05) is 27.2 Å². The van der Waals surface area contributed by atoms with Crippen molar-refractivity contribution in [3.8, 4) is 11.1 Å². The number of amides is 3. The van der Waals surface area contributed by atoms with Crippen molar-refractivity contribution in [3.63, 3.8) is 0 Å². The number of benzene rings is 2. The van der Waals surface area contributed by atoms with Gasteiger partial charge in [0.1, 0.15) is 12.1 Å². The average Bonchev–Trinajstić information content (AvgIpc) is 3.02. The zero-order chi connectivity index (χ0) is 32.1. The smallest absolute Gasteiger partial charge is 0.246 e. The lowest BCUT2D eigenvalue weighted by molar-refractivity contribution is -0.146. The highest BCUT2D eigenvalue weighted by molar-refractivity contribution is 5.95. The van der Waals surface area contributed by atoms with E-state index >= 15 is 0 Å². The zero-order valence-electron chi connectivity index (χ0n) is 26.7. The molecule has 3 rings (SSSR count). The Labute approximate surface area is 262 Å². The summed E-state index contributed by atoms with van der Waals surface area (Å²) in [5.41, 5.74) is 15.5. The van der Waals surface area contributed by atoms with Gasteiger partial charge in [0, 0.05) is 32.6 Å². The van der Waals surface area contributed by atoms with Crippen molar-refractivity contribution in [2.45, 2.75) is 70.0 Å². The Kier molecular flexibility index (Phi) is 13.1. The lowest BCUT2D eigenvalue weighted by atomic mass is 9.95. The second kappa shape index (κ2) is 16.7. The van der Waals surface area contributed by atoms with Crippen LogP contribution in [-0.4, -0.2) is 72.3 Å². The molecule has 2 aromatic carbocycles. The Morgan fingerprint density at radius 2 is 1.64 bits per heavy atom. The lowest BCUT2D eigenvalue weighted by Gasteiger charge is -2.35. The number of hydrogen-bond donors (Lipinski definition) is 3. The monoisotopic (exact) mass is 599 g/mol. The number of nitrogens with one attached hydrogen (secondary N) is 1. The SMILES string of the molecule is CN(C(=O)/C=C/CC(C)(C)N)[C@H](Cc1ccc(-c2ccccc2)cc1)C(=O)N(C)[C@H](CC1=CC=CCC1)C(=O)NCCCN. The highest BCUT2D eigenvalue weighted by Gasteiger charge is 2.35. The van der Waals surface area contributed by atoms with Crippen molar-refractivity contribution in [3.05, 3.63) is 96.1 Å². The molecule has 1 aliphatic rings. The Morgan fingerprint density at radius 1 is 0.955 bits per heavy atom. The van der Waals surface area contributed by atoms with Gasteiger partial charge < -0.3 is 26.6 Å². The van der Waals surface area contributed by atoms with Crippen LogP contribution in [0.25, 0.3) is 11.1 Å². The van der Waals surface area contributed by atoms with Crippen molar-refractivity contribution < 1.29 is 14.4 Å². The molecule has 0 spiro atoms. The fourth-order valence-corrected chi connectivity index (χ4v) is 5.11. The molecule has 0 bridgehead atoms. The number of carbonyl (C=O) groups excluding carboxylic acids is 3. The summed E-state index contributed by atoms with van der Waals surface area (Å²) in [4.78, 5) is 44.0. The molecule has 8 nitrogen and oxygen atoms in total. The van der Waals surface area contributed by atoms with Gasteiger partial charge in [0.2, 0.25) is 17.7 Å². The number of likely N-dealkylation sites (N-methyl/N-ethyl adjacent to an activating group) is 2. The van der Waals surface area contributed by atoms with Crippen LogP contribution < -0.4 is 16.8 Å². The fourth-order valence-electron chi connectivity index (χ4n) is 5.11. The maximum atomic E-state index is 14.3. The van der Waals surface area contributed by atoms with E-state index in [1.807, 2.05) is 80.6 Å². The summed E-state index contributed by atoms with van der Waals surface area (Å²) in [6.45, 7) is 4.68. The first-order valence-corrected chi connectivity index (χ1v) is 15.5. The Balaban J connectivity index is 1.90. The van der Waals surface area contributed by atoms with Gasteiger partial charge in [-0.05, 0) is 75.3 Å². The minimum absolute atomic E-state index is 0.227. The Morgan fingerprint density at radius 3 is 2.25 bits per heavy atom. The molecular formula is C36H49N5O3. The first kappa shape index (κ1) is 34.5. The fraction of sp³-hybridized carbons (Fsp3) is 0.417. The number of allylic oxidation sites excluding steroid dienone is 3. The molecule has 0 heterocycles. The van der Waals surface area contributed by atoms with Crippen LogP contribution in [0, 0.1) is 0 Å². The van der Waals surface area contributed by atoms with E-state index in [2.05, 4.69) is 11.4 Å². The van der Waals surface area contributed by atoms with Crippen molar-refractivity contribution >= 4 is 17.7 Å². The van der Waals surface area contributed by atoms with E-state index < -0.39 is 17.6 Å². The summed E-state index contributed by atoms with van der Waals surface area (Å²) in [6, 6.07) is 16.5. The van der Waals surface area contributed by atoms with Crippen LogP contribution in [0.5, 0.6) is 0 Å². The lowest BCUT2D eigenvalue weighted by Crippen LogP contribution is -2.55. The van der Waals surface area contributed by atoms with Crippen LogP contribution in [0.15, 0.2) is 90.6 Å². The molecule has 44 heavy (non-hydrogen) atoms. The molecule has 236 valence electrons. The molecule has 0 fully saturated rings. The van der Waals surface area contributed by atoms with Crippen LogP contribution in [0.3, 0.4) is 0 Å². The molecule has 2 aromatic rings. The van der Waals surface area contributed by atoms with E-state index in [4.69, 9.17) is 11.5 Å². The van der Waals surface area contributed by atoms with Gasteiger partial charge in [-0.15, -0.1) is 0 Å². The van der Waals surface area contributed by atoms with Crippen molar-refractivity contribution in [1.82, 2.24) is 15.1 Å². The maximum absolute atomic E-state index is 14.3. The Hall–Kier alpha value is -4.01. The molecule has 0 radical (unpaired) electrons. The van der Waals surface area contributed by atoms with Crippen LogP contribution in [0.1, 0.15) is 51.5 Å². The minimum Gasteiger partial charge on any atom is -0.354 e. The first-order chi connectivity index (χ1) is 21.0. The van der Waals surface area contributed by atoms with Crippen LogP contribution >= 0.6 is 0 Å². The quantitative estimate of drug-likeness (QED) is 0.207. The van der Waals surface area contributed by atoms with Crippen LogP contribution in [-0.2, 0) is 20.8 Å². The standard InChI is InChI=1S/C36H49N5O3/c1-36(2,38)22-11-17-33(42)40(3)32(26-28-18-20-30(21-19-28)29-15-9-6-10-16-29)35(44)41(4)31(34(43)39-24-12-23-37)25-27-13-7-5-8-14-27/h5-7,9-11,13,15-21,31-32H,8,12,14,22-26,37-38H2,1-4H3,(H,39,43)/b17-11+/t31-,32-/m1/s1. The number of carbonyl (C=O) groups is 3. The first-order valence-electron chi connectivity index (χ1n) is 15.5. The summed E-state index contributed by atoms with van der Waals surface area (Å²) in [5.74, 6) is -0.827. The number of nitrogens with two attached hydrogens (primary N) is 2. The van der Waals surface area contributed by atoms with Gasteiger partial charge in [-0.1, -0.05) is 84.5 Å². The third-order valence-corrected chi connectivity index (χ3v) is 7.85. The van der Waals surface area contributed by atoms with Crippen molar-refractivity contribution in [1.29, 1.82) is 0 Å². The molecule has 2 atom stereocenters. The van der Waals surface area contributed by atoms with E-state index in [1.54, 1.807) is 20.2 Å². The van der Waals surface area contributed by atoms with Gasteiger partial charge in [-0.25, -0.2) is 0 Å². The van der Waals surface area contributed by atoms with Gasteiger partial charge in [-0.2, -0.15) is 0 Å².